The van der Waals surface area contributed by atoms with Crippen molar-refractivity contribution in [3.63, 3.8) is 0 Å². The number of hydrogen-bond acceptors (Lipinski definition) is 4. The molecule has 18 heavy (non-hydrogen) atoms. The standard InChI is InChI=1S/C11H14ClNO4S/c12-9-3-1-2-4-10(9)18(15,16)13-7-11(14)5-6-17-8-11/h1-4,13-14H,5-8H2. The van der Waals surface area contributed by atoms with Crippen molar-refractivity contribution in [2.24, 2.45) is 0 Å². The number of ether oxygens (including phenoxy) is 1. The van der Waals surface area contributed by atoms with Crippen LogP contribution in [0.2, 0.25) is 5.02 Å². The second-order valence-electron chi connectivity index (χ2n) is 4.28. The van der Waals surface area contributed by atoms with E-state index in [2.05, 4.69) is 4.72 Å². The number of nitrogens with one attached hydrogen (secondary N) is 1. The average molecular weight is 292 g/mol. The zero-order valence-corrected chi connectivity index (χ0v) is 11.2. The van der Waals surface area contributed by atoms with E-state index in [9.17, 15) is 13.5 Å². The van der Waals surface area contributed by atoms with Gasteiger partial charge in [0.05, 0.1) is 11.6 Å². The van der Waals surface area contributed by atoms with E-state index >= 15 is 0 Å². The number of halogens is 1. The highest BCUT2D eigenvalue weighted by Gasteiger charge is 2.33. The Bertz CT molecular complexity index is 526. The topological polar surface area (TPSA) is 75.6 Å². The Kier molecular flexibility index (Phi) is 3.93. The molecule has 5 nitrogen and oxygen atoms in total. The molecule has 0 bridgehead atoms. The molecule has 1 aromatic carbocycles. The number of sulfonamides is 1. The Morgan fingerprint density at radius 3 is 2.78 bits per heavy atom. The van der Waals surface area contributed by atoms with E-state index in [1.54, 1.807) is 12.1 Å². The minimum atomic E-state index is -3.71. The Labute approximate surface area is 111 Å². The molecule has 100 valence electrons. The summed E-state index contributed by atoms with van der Waals surface area (Å²) in [7, 11) is -3.71. The highest BCUT2D eigenvalue weighted by atomic mass is 35.5. The summed E-state index contributed by atoms with van der Waals surface area (Å²) in [5.74, 6) is 0. The van der Waals surface area contributed by atoms with Crippen LogP contribution in [-0.2, 0) is 14.8 Å². The van der Waals surface area contributed by atoms with Crippen molar-refractivity contribution < 1.29 is 18.3 Å². The largest absolute Gasteiger partial charge is 0.386 e. The molecule has 1 unspecified atom stereocenters. The van der Waals surface area contributed by atoms with E-state index in [4.69, 9.17) is 16.3 Å². The molecule has 0 saturated carbocycles. The summed E-state index contributed by atoms with van der Waals surface area (Å²) < 4.78 is 31.4. The van der Waals surface area contributed by atoms with Crippen LogP contribution in [0.15, 0.2) is 29.2 Å². The van der Waals surface area contributed by atoms with Gasteiger partial charge in [0.15, 0.2) is 0 Å². The van der Waals surface area contributed by atoms with Gasteiger partial charge in [-0.1, -0.05) is 23.7 Å². The molecule has 7 heteroatoms. The van der Waals surface area contributed by atoms with Crippen LogP contribution in [-0.4, -0.2) is 38.9 Å². The van der Waals surface area contributed by atoms with Gasteiger partial charge in [-0.25, -0.2) is 13.1 Å². The van der Waals surface area contributed by atoms with Crippen molar-refractivity contribution in [2.75, 3.05) is 19.8 Å². The van der Waals surface area contributed by atoms with Crippen molar-refractivity contribution in [3.05, 3.63) is 29.3 Å². The SMILES string of the molecule is O=S(=O)(NCC1(O)CCOC1)c1ccccc1Cl. The highest BCUT2D eigenvalue weighted by molar-refractivity contribution is 7.89. The van der Waals surface area contributed by atoms with Crippen LogP contribution in [0.25, 0.3) is 0 Å². The number of hydrogen-bond donors (Lipinski definition) is 2. The van der Waals surface area contributed by atoms with Gasteiger partial charge >= 0.3 is 0 Å². The van der Waals surface area contributed by atoms with Crippen molar-refractivity contribution in [2.45, 2.75) is 16.9 Å². The Hall–Kier alpha value is -0.660. The monoisotopic (exact) mass is 291 g/mol. The maximum Gasteiger partial charge on any atom is 0.242 e. The lowest BCUT2D eigenvalue weighted by Gasteiger charge is -2.20. The Balaban J connectivity index is 2.11. The van der Waals surface area contributed by atoms with E-state index < -0.39 is 15.6 Å². The molecule has 1 aliphatic heterocycles. The summed E-state index contributed by atoms with van der Waals surface area (Å²) in [5, 5.41) is 10.1. The van der Waals surface area contributed by atoms with Gasteiger partial charge in [-0.05, 0) is 12.1 Å². The van der Waals surface area contributed by atoms with Crippen molar-refractivity contribution in [1.82, 2.24) is 4.72 Å². The molecule has 1 aliphatic rings. The van der Waals surface area contributed by atoms with Gasteiger partial charge < -0.3 is 9.84 Å². The van der Waals surface area contributed by atoms with Gasteiger partial charge in [0.2, 0.25) is 10.0 Å². The third-order valence-electron chi connectivity index (χ3n) is 2.80. The third-order valence-corrected chi connectivity index (χ3v) is 4.70. The quantitative estimate of drug-likeness (QED) is 0.859. The van der Waals surface area contributed by atoms with Gasteiger partial charge in [0, 0.05) is 19.6 Å². The first-order chi connectivity index (χ1) is 8.43. The van der Waals surface area contributed by atoms with Gasteiger partial charge in [0.25, 0.3) is 0 Å². The van der Waals surface area contributed by atoms with Gasteiger partial charge in [0.1, 0.15) is 10.5 Å². The normalized spacial score (nSPS) is 24.3. The van der Waals surface area contributed by atoms with Crippen LogP contribution in [0.1, 0.15) is 6.42 Å². The zero-order chi connectivity index (χ0) is 13.2. The van der Waals surface area contributed by atoms with Gasteiger partial charge in [-0.2, -0.15) is 0 Å². The number of aliphatic hydroxyl groups is 1. The fourth-order valence-electron chi connectivity index (χ4n) is 1.71. The Morgan fingerprint density at radius 2 is 2.17 bits per heavy atom. The smallest absolute Gasteiger partial charge is 0.242 e. The molecule has 0 aliphatic carbocycles. The molecule has 2 N–H and O–H groups in total. The summed E-state index contributed by atoms with van der Waals surface area (Å²) in [6.07, 6.45) is 0.415. The highest BCUT2D eigenvalue weighted by Crippen LogP contribution is 2.22. The van der Waals surface area contributed by atoms with Crippen molar-refractivity contribution in [3.8, 4) is 0 Å². The second-order valence-corrected chi connectivity index (χ2v) is 6.42. The number of rotatable bonds is 4. The predicted molar refractivity (Wildman–Crippen MR) is 67.0 cm³/mol. The summed E-state index contributed by atoms with van der Waals surface area (Å²) in [6.45, 7) is 0.489. The fraction of sp³-hybridized carbons (Fsp3) is 0.455. The first-order valence-corrected chi connectivity index (χ1v) is 7.33. The van der Waals surface area contributed by atoms with E-state index in [0.717, 1.165) is 0 Å². The molecule has 1 fully saturated rings. The molecule has 0 radical (unpaired) electrons. The minimum Gasteiger partial charge on any atom is -0.386 e. The summed E-state index contributed by atoms with van der Waals surface area (Å²) in [5.41, 5.74) is -1.13. The lowest BCUT2D eigenvalue weighted by atomic mass is 10.1. The van der Waals surface area contributed by atoms with Crippen LogP contribution in [0, 0.1) is 0 Å². The van der Waals surface area contributed by atoms with Crippen molar-refractivity contribution in [1.29, 1.82) is 0 Å². The maximum atomic E-state index is 12.0. The lowest BCUT2D eigenvalue weighted by Crippen LogP contribution is -2.43. The van der Waals surface area contributed by atoms with Crippen LogP contribution < -0.4 is 4.72 Å². The van der Waals surface area contributed by atoms with E-state index in [0.29, 0.717) is 13.0 Å². The van der Waals surface area contributed by atoms with Gasteiger partial charge in [-0.3, -0.25) is 0 Å². The van der Waals surface area contributed by atoms with Crippen LogP contribution in [0.5, 0.6) is 0 Å². The first kappa shape index (κ1) is 13.8. The lowest BCUT2D eigenvalue weighted by molar-refractivity contribution is 0.0314. The van der Waals surface area contributed by atoms with E-state index in [1.165, 1.54) is 12.1 Å². The molecule has 1 atom stereocenters. The van der Waals surface area contributed by atoms with Crippen LogP contribution >= 0.6 is 11.6 Å². The molecule has 1 heterocycles. The average Bonchev–Trinajstić information content (AvgIpc) is 2.75. The van der Waals surface area contributed by atoms with E-state index in [-0.39, 0.29) is 23.1 Å². The first-order valence-electron chi connectivity index (χ1n) is 5.47. The molecule has 2 rings (SSSR count). The van der Waals surface area contributed by atoms with Gasteiger partial charge in [-0.15, -0.1) is 0 Å². The third kappa shape index (κ3) is 3.02. The molecular weight excluding hydrogens is 278 g/mol. The van der Waals surface area contributed by atoms with Crippen LogP contribution in [0.4, 0.5) is 0 Å². The number of benzene rings is 1. The molecule has 0 spiro atoms. The summed E-state index contributed by atoms with van der Waals surface area (Å²) in [6, 6.07) is 6.16. The summed E-state index contributed by atoms with van der Waals surface area (Å²) in [4.78, 5) is 0.00850. The van der Waals surface area contributed by atoms with Crippen molar-refractivity contribution >= 4 is 21.6 Å². The summed E-state index contributed by atoms with van der Waals surface area (Å²) >= 11 is 5.83. The predicted octanol–water partition coefficient (Wildman–Crippen LogP) is 0.770. The maximum absolute atomic E-state index is 12.0. The van der Waals surface area contributed by atoms with E-state index in [1.807, 2.05) is 0 Å². The molecule has 0 aromatic heterocycles. The van der Waals surface area contributed by atoms with Crippen LogP contribution in [0.3, 0.4) is 0 Å². The fourth-order valence-corrected chi connectivity index (χ4v) is 3.34. The minimum absolute atomic E-state index is 0.00850. The Morgan fingerprint density at radius 1 is 1.44 bits per heavy atom. The molecule has 1 aromatic rings. The zero-order valence-electron chi connectivity index (χ0n) is 9.60. The molecular formula is C11H14ClNO4S. The molecule has 1 saturated heterocycles. The molecule has 0 amide bonds. The second kappa shape index (κ2) is 5.14.